The van der Waals surface area contributed by atoms with Crippen LogP contribution in [0.4, 0.5) is 5.69 Å². The van der Waals surface area contributed by atoms with Crippen molar-refractivity contribution in [3.05, 3.63) is 102 Å². The molecule has 4 bridgehead atoms. The Morgan fingerprint density at radius 2 is 1.17 bits per heavy atom. The first-order valence-electron chi connectivity index (χ1n) is 10.7. The van der Waals surface area contributed by atoms with E-state index >= 15 is 0 Å². The molecule has 7 rings (SSSR count). The molecule has 4 aliphatic rings. The van der Waals surface area contributed by atoms with Gasteiger partial charge in [0.25, 0.3) is 0 Å². The summed E-state index contributed by atoms with van der Waals surface area (Å²) in [5, 5.41) is 4.09. The van der Waals surface area contributed by atoms with Gasteiger partial charge in [0.15, 0.2) is 0 Å². The van der Waals surface area contributed by atoms with Crippen LogP contribution in [-0.2, 0) is 5.54 Å². The molecular weight excluding hydrogens is 387 g/mol. The Morgan fingerprint density at radius 1 is 0.667 bits per heavy atom. The molecule has 3 atom stereocenters. The SMILES string of the molecule is c1ccc(NC(c2ccccc2)(c2ccccc2)C2N3CN4CN(C3)CP2C4)cc1. The highest BCUT2D eigenvalue weighted by atomic mass is 31.1. The van der Waals surface area contributed by atoms with Crippen LogP contribution >= 0.6 is 7.92 Å². The predicted octanol–water partition coefficient (Wildman–Crippen LogP) is 4.58. The van der Waals surface area contributed by atoms with Crippen LogP contribution in [0.25, 0.3) is 0 Å². The van der Waals surface area contributed by atoms with Crippen LogP contribution in [-0.4, -0.2) is 53.1 Å². The second kappa shape index (κ2) is 7.47. The van der Waals surface area contributed by atoms with E-state index in [-0.39, 0.29) is 13.5 Å². The summed E-state index contributed by atoms with van der Waals surface area (Å²) in [4.78, 5) is 7.97. The van der Waals surface area contributed by atoms with Crippen LogP contribution in [0.5, 0.6) is 0 Å². The van der Waals surface area contributed by atoms with Crippen molar-refractivity contribution in [2.45, 2.75) is 11.3 Å². The fourth-order valence-electron chi connectivity index (χ4n) is 5.58. The second-order valence-corrected chi connectivity index (χ2v) is 10.9. The van der Waals surface area contributed by atoms with Crippen molar-refractivity contribution in [2.75, 3.05) is 37.9 Å². The Kier molecular flexibility index (Phi) is 4.62. The number of hydrogen-bond donors (Lipinski definition) is 1. The summed E-state index contributed by atoms with van der Waals surface area (Å²) < 4.78 is 0. The zero-order chi connectivity index (χ0) is 20.0. The van der Waals surface area contributed by atoms with E-state index in [0.29, 0.717) is 5.78 Å². The standard InChI is InChI=1S/C25H27N4P/c1-4-10-21(11-5-1)25(22-12-6-2-7-13-22,26-23-14-8-3-9-15-23)24-29-17-27-16-28(18-29)20-30(24)19-27/h1-15,24,26H,16-20H2. The van der Waals surface area contributed by atoms with Gasteiger partial charge in [0.2, 0.25) is 0 Å². The van der Waals surface area contributed by atoms with E-state index in [1.165, 1.54) is 29.4 Å². The molecule has 0 amide bonds. The highest BCUT2D eigenvalue weighted by Gasteiger charge is 2.55. The Labute approximate surface area is 179 Å². The number of nitrogens with one attached hydrogen (secondary N) is 1. The summed E-state index contributed by atoms with van der Waals surface area (Å²) in [5.41, 5.74) is 3.59. The van der Waals surface area contributed by atoms with Crippen molar-refractivity contribution in [1.82, 2.24) is 14.7 Å². The Bertz CT molecular complexity index is 928. The lowest BCUT2D eigenvalue weighted by molar-refractivity contribution is -0.0554. The summed E-state index contributed by atoms with van der Waals surface area (Å²) in [7, 11) is -0.191. The molecule has 1 N–H and O–H groups in total. The molecule has 4 aliphatic heterocycles. The zero-order valence-electron chi connectivity index (χ0n) is 17.1. The van der Waals surface area contributed by atoms with E-state index in [4.69, 9.17) is 0 Å². The van der Waals surface area contributed by atoms with Crippen molar-refractivity contribution < 1.29 is 0 Å². The van der Waals surface area contributed by atoms with Gasteiger partial charge in [-0.3, -0.25) is 14.7 Å². The maximum absolute atomic E-state index is 4.09. The van der Waals surface area contributed by atoms with Gasteiger partial charge in [0, 0.05) is 18.3 Å². The molecule has 0 radical (unpaired) electrons. The van der Waals surface area contributed by atoms with E-state index in [1.54, 1.807) is 0 Å². The van der Waals surface area contributed by atoms with Crippen LogP contribution < -0.4 is 5.32 Å². The molecule has 5 heteroatoms. The minimum atomic E-state index is -0.287. The summed E-state index contributed by atoms with van der Waals surface area (Å²) >= 11 is 0. The molecule has 3 aromatic carbocycles. The van der Waals surface area contributed by atoms with E-state index in [0.717, 1.165) is 20.0 Å². The van der Waals surface area contributed by atoms with Crippen LogP contribution in [0, 0.1) is 0 Å². The van der Waals surface area contributed by atoms with Crippen molar-refractivity contribution in [3.8, 4) is 0 Å². The number of nitrogens with zero attached hydrogens (tertiary/aromatic N) is 3. The fourth-order valence-corrected chi connectivity index (χ4v) is 8.88. The third-order valence-corrected chi connectivity index (χ3v) is 9.51. The van der Waals surface area contributed by atoms with E-state index in [2.05, 4.69) is 111 Å². The summed E-state index contributed by atoms with van der Waals surface area (Å²) in [6, 6.07) is 33.0. The highest BCUT2D eigenvalue weighted by molar-refractivity contribution is 7.58. The molecule has 3 unspecified atom stereocenters. The van der Waals surface area contributed by atoms with Crippen molar-refractivity contribution in [2.24, 2.45) is 0 Å². The lowest BCUT2D eigenvalue weighted by atomic mass is 9.81. The Balaban J connectivity index is 1.57. The third-order valence-electron chi connectivity index (χ3n) is 6.58. The van der Waals surface area contributed by atoms with Crippen LogP contribution in [0.1, 0.15) is 11.1 Å². The second-order valence-electron chi connectivity index (χ2n) is 8.63. The molecular formula is C25H27N4P. The maximum Gasteiger partial charge on any atom is 0.108 e. The molecule has 30 heavy (non-hydrogen) atoms. The van der Waals surface area contributed by atoms with Gasteiger partial charge in [-0.25, -0.2) is 0 Å². The largest absolute Gasteiger partial charge is 0.370 e. The smallest absolute Gasteiger partial charge is 0.108 e. The summed E-state index contributed by atoms with van der Waals surface area (Å²) in [6.07, 6.45) is 2.48. The average molecular weight is 414 g/mol. The van der Waals surface area contributed by atoms with E-state index in [1.807, 2.05) is 0 Å². The number of hydrogen-bond acceptors (Lipinski definition) is 4. The minimum absolute atomic E-state index is 0.191. The van der Waals surface area contributed by atoms with Gasteiger partial charge < -0.3 is 5.32 Å². The topological polar surface area (TPSA) is 21.8 Å². The van der Waals surface area contributed by atoms with Gasteiger partial charge in [-0.2, -0.15) is 0 Å². The fraction of sp³-hybridized carbons (Fsp3) is 0.280. The van der Waals surface area contributed by atoms with Gasteiger partial charge in [0.05, 0.1) is 25.8 Å². The van der Waals surface area contributed by atoms with Crippen LogP contribution in [0.15, 0.2) is 91.0 Å². The highest BCUT2D eigenvalue weighted by Crippen LogP contribution is 2.60. The summed E-state index contributed by atoms with van der Waals surface area (Å²) in [5.74, 6) is 0.449. The molecule has 0 aliphatic carbocycles. The number of rotatable bonds is 5. The normalized spacial score (nSPS) is 29.7. The van der Waals surface area contributed by atoms with Crippen molar-refractivity contribution in [1.29, 1.82) is 0 Å². The van der Waals surface area contributed by atoms with Gasteiger partial charge >= 0.3 is 0 Å². The first-order chi connectivity index (χ1) is 14.8. The lowest BCUT2D eigenvalue weighted by Gasteiger charge is -2.63. The first-order valence-corrected chi connectivity index (χ1v) is 12.5. The van der Waals surface area contributed by atoms with Crippen LogP contribution in [0.3, 0.4) is 0 Å². The maximum atomic E-state index is 4.09. The Hall–Kier alpha value is -2.23. The van der Waals surface area contributed by atoms with Gasteiger partial charge in [-0.1, -0.05) is 86.8 Å². The molecule has 4 fully saturated rings. The molecule has 0 spiro atoms. The zero-order valence-corrected chi connectivity index (χ0v) is 18.0. The monoisotopic (exact) mass is 414 g/mol. The first kappa shape index (κ1) is 18.5. The van der Waals surface area contributed by atoms with Gasteiger partial charge in [0.1, 0.15) is 5.54 Å². The quantitative estimate of drug-likeness (QED) is 0.617. The third kappa shape index (κ3) is 2.99. The molecule has 4 nitrogen and oxygen atoms in total. The van der Waals surface area contributed by atoms with Crippen molar-refractivity contribution in [3.63, 3.8) is 0 Å². The molecule has 152 valence electrons. The molecule has 4 heterocycles. The van der Waals surface area contributed by atoms with Crippen molar-refractivity contribution >= 4 is 13.6 Å². The molecule has 0 saturated carbocycles. The molecule has 4 saturated heterocycles. The van der Waals surface area contributed by atoms with E-state index < -0.39 is 0 Å². The number of para-hydroxylation sites is 1. The molecule has 3 aromatic rings. The number of benzene rings is 3. The van der Waals surface area contributed by atoms with Crippen LogP contribution in [0.2, 0.25) is 0 Å². The van der Waals surface area contributed by atoms with Gasteiger partial charge in [-0.15, -0.1) is 0 Å². The van der Waals surface area contributed by atoms with Gasteiger partial charge in [-0.05, 0) is 23.3 Å². The summed E-state index contributed by atoms with van der Waals surface area (Å²) in [6.45, 7) is 3.27. The molecule has 0 aromatic heterocycles. The number of anilines is 1. The Morgan fingerprint density at radius 3 is 1.67 bits per heavy atom. The predicted molar refractivity (Wildman–Crippen MR) is 124 cm³/mol. The lowest BCUT2D eigenvalue weighted by Crippen LogP contribution is -2.70. The average Bonchev–Trinajstić information content (AvgIpc) is 2.79. The van der Waals surface area contributed by atoms with E-state index in [9.17, 15) is 0 Å². The minimum Gasteiger partial charge on any atom is -0.370 e.